The van der Waals surface area contributed by atoms with Crippen molar-refractivity contribution in [3.05, 3.63) is 70.8 Å². The summed E-state index contributed by atoms with van der Waals surface area (Å²) < 4.78 is 20.5. The van der Waals surface area contributed by atoms with E-state index in [1.807, 2.05) is 13.0 Å². The molecule has 0 spiro atoms. The summed E-state index contributed by atoms with van der Waals surface area (Å²) in [4.78, 5) is 11.5. The van der Waals surface area contributed by atoms with Crippen LogP contribution in [0.3, 0.4) is 0 Å². The summed E-state index contributed by atoms with van der Waals surface area (Å²) >= 11 is 0. The summed E-state index contributed by atoms with van der Waals surface area (Å²) in [6, 6.07) is 13.6. The van der Waals surface area contributed by atoms with Crippen LogP contribution in [0.5, 0.6) is 0 Å². The Hall–Kier alpha value is -1.58. The summed E-state index contributed by atoms with van der Waals surface area (Å²) in [6.45, 7) is 29.5. The molecular weight excluding hydrogens is 565 g/mol. The molecule has 244 valence electrons. The molecule has 0 radical (unpaired) electrons. The second-order valence-corrected chi connectivity index (χ2v) is 23.4. The Kier molecular flexibility index (Phi) is 16.9. The van der Waals surface area contributed by atoms with Gasteiger partial charge < -0.3 is 13.6 Å². The third kappa shape index (κ3) is 12.7. The fourth-order valence-electron chi connectivity index (χ4n) is 5.19. The average Bonchev–Trinajstić information content (AvgIpc) is 2.97. The fraction of sp³-hybridized carbons (Fsp3) is 0.649. The van der Waals surface area contributed by atoms with Crippen molar-refractivity contribution in [1.29, 1.82) is 0 Å². The second kappa shape index (κ2) is 18.4. The van der Waals surface area contributed by atoms with E-state index in [9.17, 15) is 4.79 Å². The molecule has 0 amide bonds. The Morgan fingerprint density at radius 2 is 1.49 bits per heavy atom. The lowest BCUT2D eigenvalue weighted by molar-refractivity contribution is -0.104. The molecule has 43 heavy (non-hydrogen) atoms. The molecule has 0 aliphatic heterocycles. The highest BCUT2D eigenvalue weighted by atomic mass is 28.4. The van der Waals surface area contributed by atoms with Gasteiger partial charge in [-0.2, -0.15) is 0 Å². The van der Waals surface area contributed by atoms with Gasteiger partial charge in [0.25, 0.3) is 0 Å². The highest BCUT2D eigenvalue weighted by molar-refractivity contribution is 6.74. The van der Waals surface area contributed by atoms with E-state index < -0.39 is 16.6 Å². The standard InChI is InChI=1S/C37H64O4Si2/c1-14-34(26-30(6)27-38)36(41-43(15-2,16-3)17-4)31(7)25-29(5)23-24-35(40-42(12,13)37(9,10)11)32(8)39-28-33-21-19-18-20-22-33/h18-23,25-27,32,34-36H,14-17,24,28H2,1-13H3/b29-23+,30-26+,31-25+/t32-,34-,35-,36-/m0/s1. The van der Waals surface area contributed by atoms with Crippen molar-refractivity contribution in [2.75, 3.05) is 0 Å². The Labute approximate surface area is 267 Å². The summed E-state index contributed by atoms with van der Waals surface area (Å²) in [5, 5.41) is 0.112. The molecule has 0 aromatic heterocycles. The van der Waals surface area contributed by atoms with Gasteiger partial charge in [-0.05, 0) is 93.5 Å². The first kappa shape index (κ1) is 39.4. The van der Waals surface area contributed by atoms with E-state index in [4.69, 9.17) is 13.6 Å². The van der Waals surface area contributed by atoms with E-state index in [0.717, 1.165) is 42.8 Å². The number of hydrogen-bond donors (Lipinski definition) is 0. The maximum atomic E-state index is 11.5. The van der Waals surface area contributed by atoms with Gasteiger partial charge in [0.15, 0.2) is 16.6 Å². The normalized spacial score (nSPS) is 17.0. The first-order chi connectivity index (χ1) is 20.1. The van der Waals surface area contributed by atoms with Crippen molar-refractivity contribution in [3.63, 3.8) is 0 Å². The van der Waals surface area contributed by atoms with Gasteiger partial charge in [-0.25, -0.2) is 0 Å². The molecule has 0 aliphatic carbocycles. The van der Waals surface area contributed by atoms with Crippen molar-refractivity contribution >= 4 is 22.9 Å². The molecule has 1 rings (SSSR count). The Morgan fingerprint density at radius 3 is 1.98 bits per heavy atom. The first-order valence-electron chi connectivity index (χ1n) is 16.6. The highest BCUT2D eigenvalue weighted by Crippen LogP contribution is 2.38. The fourth-order valence-corrected chi connectivity index (χ4v) is 9.48. The van der Waals surface area contributed by atoms with Gasteiger partial charge in [0.05, 0.1) is 24.9 Å². The molecule has 0 fully saturated rings. The molecular formula is C37H64O4Si2. The van der Waals surface area contributed by atoms with Crippen molar-refractivity contribution in [2.45, 2.75) is 150 Å². The molecule has 1 aromatic rings. The topological polar surface area (TPSA) is 44.8 Å². The molecule has 1 aromatic carbocycles. The maximum Gasteiger partial charge on any atom is 0.192 e. The van der Waals surface area contributed by atoms with Gasteiger partial charge >= 0.3 is 0 Å². The predicted molar refractivity (Wildman–Crippen MR) is 191 cm³/mol. The lowest BCUT2D eigenvalue weighted by Gasteiger charge is -2.40. The number of allylic oxidation sites excluding steroid dienone is 3. The van der Waals surface area contributed by atoms with Crippen LogP contribution in [0.1, 0.15) is 94.6 Å². The lowest BCUT2D eigenvalue weighted by atomic mass is 9.91. The zero-order valence-corrected chi connectivity index (χ0v) is 31.9. The Morgan fingerprint density at radius 1 is 0.907 bits per heavy atom. The summed E-state index contributed by atoms with van der Waals surface area (Å²) in [6.07, 6.45) is 9.23. The molecule has 0 N–H and O–H groups in total. The van der Waals surface area contributed by atoms with Crippen LogP contribution in [0.4, 0.5) is 0 Å². The second-order valence-electron chi connectivity index (χ2n) is 13.9. The molecule has 4 atom stereocenters. The Bertz CT molecular complexity index is 1040. The van der Waals surface area contributed by atoms with Crippen LogP contribution < -0.4 is 0 Å². The molecule has 0 saturated heterocycles. The number of aldehydes is 1. The number of benzene rings is 1. The van der Waals surface area contributed by atoms with Crippen molar-refractivity contribution in [3.8, 4) is 0 Å². The molecule has 0 heterocycles. The van der Waals surface area contributed by atoms with E-state index in [0.29, 0.717) is 6.61 Å². The van der Waals surface area contributed by atoms with Crippen molar-refractivity contribution in [2.24, 2.45) is 5.92 Å². The van der Waals surface area contributed by atoms with Gasteiger partial charge in [-0.1, -0.05) is 103 Å². The molecule has 0 saturated carbocycles. The van der Waals surface area contributed by atoms with Crippen LogP contribution >= 0.6 is 0 Å². The minimum Gasteiger partial charge on any atom is -0.411 e. The number of ether oxygens (including phenoxy) is 1. The van der Waals surface area contributed by atoms with Crippen molar-refractivity contribution in [1.82, 2.24) is 0 Å². The Balaban J connectivity index is 3.36. The lowest BCUT2D eigenvalue weighted by Crippen LogP contribution is -2.47. The third-order valence-corrected chi connectivity index (χ3v) is 18.7. The summed E-state index contributed by atoms with van der Waals surface area (Å²) in [7, 11) is -3.89. The van der Waals surface area contributed by atoms with E-state index >= 15 is 0 Å². The zero-order valence-electron chi connectivity index (χ0n) is 29.9. The molecule has 4 nitrogen and oxygen atoms in total. The minimum atomic E-state index is -2.01. The van der Waals surface area contributed by atoms with Crippen LogP contribution in [0.2, 0.25) is 36.3 Å². The highest BCUT2D eigenvalue weighted by Gasteiger charge is 2.40. The van der Waals surface area contributed by atoms with Gasteiger partial charge in [0, 0.05) is 5.92 Å². The van der Waals surface area contributed by atoms with Crippen molar-refractivity contribution < 1.29 is 18.4 Å². The minimum absolute atomic E-state index is 0.0396. The van der Waals surface area contributed by atoms with Crippen LogP contribution in [0.25, 0.3) is 0 Å². The summed E-state index contributed by atoms with van der Waals surface area (Å²) in [5.74, 6) is 0.159. The average molecular weight is 629 g/mol. The van der Waals surface area contributed by atoms with E-state index in [-0.39, 0.29) is 29.3 Å². The maximum absolute atomic E-state index is 11.5. The van der Waals surface area contributed by atoms with Crippen LogP contribution in [-0.4, -0.2) is 41.2 Å². The number of carbonyl (C=O) groups excluding carboxylic acids is 1. The zero-order chi connectivity index (χ0) is 32.8. The monoisotopic (exact) mass is 628 g/mol. The third-order valence-electron chi connectivity index (χ3n) is 9.54. The molecule has 0 unspecified atom stereocenters. The van der Waals surface area contributed by atoms with E-state index in [2.05, 4.69) is 125 Å². The SMILES string of the molecule is CC[C@@H](/C=C(\C)C=O)[C@@H](O[Si](CC)(CC)CC)/C(C)=C/C(C)=C/C[C@H](O[Si](C)(C)C(C)(C)C)[C@H](C)OCc1ccccc1. The van der Waals surface area contributed by atoms with Crippen LogP contribution in [-0.2, 0) is 25.0 Å². The van der Waals surface area contributed by atoms with Gasteiger partial charge in [0.1, 0.15) is 6.29 Å². The molecule has 0 aliphatic rings. The number of rotatable bonds is 19. The number of hydrogen-bond acceptors (Lipinski definition) is 4. The summed E-state index contributed by atoms with van der Waals surface area (Å²) in [5.41, 5.74) is 4.37. The first-order valence-corrected chi connectivity index (χ1v) is 22.0. The molecule has 6 heteroatoms. The quantitative estimate of drug-likeness (QED) is 0.0662. The van der Waals surface area contributed by atoms with Gasteiger partial charge in [-0.3, -0.25) is 4.79 Å². The van der Waals surface area contributed by atoms with E-state index in [1.54, 1.807) is 0 Å². The smallest absolute Gasteiger partial charge is 0.192 e. The van der Waals surface area contributed by atoms with Crippen LogP contribution in [0, 0.1) is 5.92 Å². The van der Waals surface area contributed by atoms with Gasteiger partial charge in [0.2, 0.25) is 0 Å². The van der Waals surface area contributed by atoms with E-state index in [1.165, 1.54) is 16.7 Å². The number of carbonyl (C=O) groups is 1. The van der Waals surface area contributed by atoms with Crippen LogP contribution in [0.15, 0.2) is 65.3 Å². The predicted octanol–water partition coefficient (Wildman–Crippen LogP) is 10.8. The largest absolute Gasteiger partial charge is 0.411 e. The van der Waals surface area contributed by atoms with Gasteiger partial charge in [-0.15, -0.1) is 0 Å². The molecule has 0 bridgehead atoms.